The maximum absolute atomic E-state index is 9.40. The molecule has 0 atom stereocenters. The fourth-order valence-electron chi connectivity index (χ4n) is 0.789. The van der Waals surface area contributed by atoms with Crippen LogP contribution in [0.3, 0.4) is 0 Å². The van der Waals surface area contributed by atoms with Crippen LogP contribution in [0.2, 0.25) is 4.34 Å². The van der Waals surface area contributed by atoms with Crippen LogP contribution in [0.4, 0.5) is 0 Å². The molecule has 1 N–H and O–H groups in total. The second kappa shape index (κ2) is 4.31. The van der Waals surface area contributed by atoms with Crippen molar-refractivity contribution in [1.82, 2.24) is 0 Å². The molecule has 0 saturated heterocycles. The Morgan fingerprint density at radius 1 is 1.62 bits per heavy atom. The molecule has 0 aliphatic carbocycles. The molecule has 0 radical (unpaired) electrons. The highest BCUT2D eigenvalue weighted by Gasteiger charge is 2.12. The molecule has 0 saturated carbocycles. The summed E-state index contributed by atoms with van der Waals surface area (Å²) in [6.07, 6.45) is 0.612. The largest absolute Gasteiger partial charge is 0.493 e. The molecule has 0 aliphatic heterocycles. The summed E-state index contributed by atoms with van der Waals surface area (Å²) >= 11 is 7.16. The first-order valence-electron chi connectivity index (χ1n) is 4.06. The molecule has 1 aromatic rings. The highest BCUT2D eigenvalue weighted by molar-refractivity contribution is 7.14. The van der Waals surface area contributed by atoms with Crippen LogP contribution >= 0.6 is 22.9 Å². The highest BCUT2D eigenvalue weighted by Crippen LogP contribution is 2.26. The summed E-state index contributed by atoms with van der Waals surface area (Å²) in [7, 11) is 0. The molecule has 0 unspecified atom stereocenters. The first kappa shape index (κ1) is 10.8. The van der Waals surface area contributed by atoms with Crippen molar-refractivity contribution in [3.8, 4) is 5.75 Å². The van der Waals surface area contributed by atoms with E-state index in [1.807, 2.05) is 5.38 Å². The standard InChI is InChI=1S/C9H13ClO2S/c1-9(2,11)3-4-12-7-5-8(10)13-6-7/h5-6,11H,3-4H2,1-2H3. The average Bonchev–Trinajstić information content (AvgIpc) is 2.33. The Balaban J connectivity index is 2.28. The molecule has 13 heavy (non-hydrogen) atoms. The van der Waals surface area contributed by atoms with Crippen molar-refractivity contribution in [2.45, 2.75) is 25.9 Å². The van der Waals surface area contributed by atoms with E-state index in [0.29, 0.717) is 13.0 Å². The normalized spacial score (nSPS) is 11.7. The van der Waals surface area contributed by atoms with Gasteiger partial charge >= 0.3 is 0 Å². The SMILES string of the molecule is CC(C)(O)CCOc1csc(Cl)c1. The monoisotopic (exact) mass is 220 g/mol. The third-order valence-electron chi connectivity index (χ3n) is 1.53. The van der Waals surface area contributed by atoms with Crippen LogP contribution in [0.1, 0.15) is 20.3 Å². The van der Waals surface area contributed by atoms with Crippen molar-refractivity contribution in [3.63, 3.8) is 0 Å². The molecule has 1 rings (SSSR count). The third kappa shape index (κ3) is 4.50. The summed E-state index contributed by atoms with van der Waals surface area (Å²) < 4.78 is 6.09. The van der Waals surface area contributed by atoms with Gasteiger partial charge in [0.25, 0.3) is 0 Å². The van der Waals surface area contributed by atoms with Crippen LogP contribution in [0, 0.1) is 0 Å². The van der Waals surface area contributed by atoms with Gasteiger partial charge in [-0.2, -0.15) is 0 Å². The van der Waals surface area contributed by atoms with Gasteiger partial charge in [0.15, 0.2) is 0 Å². The van der Waals surface area contributed by atoms with Crippen LogP contribution in [0.5, 0.6) is 5.75 Å². The number of rotatable bonds is 4. The van der Waals surface area contributed by atoms with Gasteiger partial charge in [0.05, 0.1) is 16.5 Å². The van der Waals surface area contributed by atoms with E-state index in [1.54, 1.807) is 19.9 Å². The number of halogens is 1. The number of ether oxygens (including phenoxy) is 1. The number of hydrogen-bond donors (Lipinski definition) is 1. The Kier molecular flexibility index (Phi) is 3.59. The van der Waals surface area contributed by atoms with Gasteiger partial charge in [-0.3, -0.25) is 0 Å². The second-order valence-corrected chi connectivity index (χ2v) is 5.04. The number of aliphatic hydroxyl groups is 1. The topological polar surface area (TPSA) is 29.5 Å². The Morgan fingerprint density at radius 2 is 2.31 bits per heavy atom. The molecule has 1 aromatic heterocycles. The fourth-order valence-corrected chi connectivity index (χ4v) is 1.58. The minimum atomic E-state index is -0.667. The zero-order chi connectivity index (χ0) is 9.90. The van der Waals surface area contributed by atoms with Crippen LogP contribution in [0.25, 0.3) is 0 Å². The van der Waals surface area contributed by atoms with Crippen molar-refractivity contribution in [3.05, 3.63) is 15.8 Å². The lowest BCUT2D eigenvalue weighted by Crippen LogP contribution is -2.21. The van der Waals surface area contributed by atoms with E-state index in [2.05, 4.69) is 0 Å². The van der Waals surface area contributed by atoms with Crippen molar-refractivity contribution in [2.75, 3.05) is 6.61 Å². The molecule has 0 fully saturated rings. The summed E-state index contributed by atoms with van der Waals surface area (Å²) in [5.74, 6) is 0.777. The quantitative estimate of drug-likeness (QED) is 0.846. The summed E-state index contributed by atoms with van der Waals surface area (Å²) in [6, 6.07) is 1.77. The maximum Gasteiger partial charge on any atom is 0.131 e. The van der Waals surface area contributed by atoms with E-state index in [1.165, 1.54) is 11.3 Å². The van der Waals surface area contributed by atoms with Gasteiger partial charge in [0, 0.05) is 17.9 Å². The minimum Gasteiger partial charge on any atom is -0.493 e. The lowest BCUT2D eigenvalue weighted by atomic mass is 10.1. The average molecular weight is 221 g/mol. The van der Waals surface area contributed by atoms with E-state index in [4.69, 9.17) is 16.3 Å². The molecule has 4 heteroatoms. The van der Waals surface area contributed by atoms with E-state index in [9.17, 15) is 5.11 Å². The van der Waals surface area contributed by atoms with Crippen molar-refractivity contribution >= 4 is 22.9 Å². The molecule has 0 bridgehead atoms. The van der Waals surface area contributed by atoms with E-state index < -0.39 is 5.60 Å². The molecule has 0 aliphatic rings. The Labute approximate surface area is 87.1 Å². The van der Waals surface area contributed by atoms with Gasteiger partial charge in [-0.1, -0.05) is 11.6 Å². The van der Waals surface area contributed by atoms with Crippen molar-refractivity contribution in [2.24, 2.45) is 0 Å². The van der Waals surface area contributed by atoms with E-state index >= 15 is 0 Å². The fraction of sp³-hybridized carbons (Fsp3) is 0.556. The summed E-state index contributed by atoms with van der Waals surface area (Å²) in [4.78, 5) is 0. The molecule has 0 amide bonds. The minimum absolute atomic E-state index is 0.510. The highest BCUT2D eigenvalue weighted by atomic mass is 35.5. The van der Waals surface area contributed by atoms with Crippen molar-refractivity contribution < 1.29 is 9.84 Å². The van der Waals surface area contributed by atoms with Gasteiger partial charge in [0.1, 0.15) is 5.75 Å². The molecule has 0 aromatic carbocycles. The van der Waals surface area contributed by atoms with Crippen molar-refractivity contribution in [1.29, 1.82) is 0 Å². The summed E-state index contributed by atoms with van der Waals surface area (Å²) in [5, 5.41) is 11.3. The number of hydrogen-bond acceptors (Lipinski definition) is 3. The molecular formula is C9H13ClO2S. The third-order valence-corrected chi connectivity index (χ3v) is 2.60. The second-order valence-electron chi connectivity index (χ2n) is 3.50. The Morgan fingerprint density at radius 3 is 2.77 bits per heavy atom. The molecule has 1 heterocycles. The summed E-state index contributed by atoms with van der Waals surface area (Å²) in [6.45, 7) is 4.03. The van der Waals surface area contributed by atoms with Crippen LogP contribution in [-0.4, -0.2) is 17.3 Å². The van der Waals surface area contributed by atoms with Gasteiger partial charge in [-0.15, -0.1) is 11.3 Å². The van der Waals surface area contributed by atoms with E-state index in [0.717, 1.165) is 10.1 Å². The van der Waals surface area contributed by atoms with E-state index in [-0.39, 0.29) is 0 Å². The smallest absolute Gasteiger partial charge is 0.131 e. The molecule has 74 valence electrons. The van der Waals surface area contributed by atoms with Gasteiger partial charge in [-0.05, 0) is 13.8 Å². The first-order valence-corrected chi connectivity index (χ1v) is 5.32. The Bertz CT molecular complexity index is 265. The zero-order valence-corrected chi connectivity index (χ0v) is 9.28. The lowest BCUT2D eigenvalue weighted by Gasteiger charge is -2.16. The Hall–Kier alpha value is -0.250. The molecule has 2 nitrogen and oxygen atoms in total. The van der Waals surface area contributed by atoms with Gasteiger partial charge < -0.3 is 9.84 Å². The number of thiophene rings is 1. The van der Waals surface area contributed by atoms with Gasteiger partial charge in [0.2, 0.25) is 0 Å². The molecule has 0 spiro atoms. The first-order chi connectivity index (χ1) is 5.97. The summed E-state index contributed by atoms with van der Waals surface area (Å²) in [5.41, 5.74) is -0.667. The molecular weight excluding hydrogens is 208 g/mol. The van der Waals surface area contributed by atoms with Gasteiger partial charge in [-0.25, -0.2) is 0 Å². The van der Waals surface area contributed by atoms with Crippen LogP contribution in [0.15, 0.2) is 11.4 Å². The van der Waals surface area contributed by atoms with Crippen LogP contribution in [-0.2, 0) is 0 Å². The lowest BCUT2D eigenvalue weighted by molar-refractivity contribution is 0.0554. The maximum atomic E-state index is 9.40. The predicted octanol–water partition coefficient (Wildman–Crippen LogP) is 2.94. The predicted molar refractivity (Wildman–Crippen MR) is 55.7 cm³/mol. The van der Waals surface area contributed by atoms with Crippen LogP contribution < -0.4 is 4.74 Å². The zero-order valence-electron chi connectivity index (χ0n) is 7.71.